The molecule has 0 saturated carbocycles. The van der Waals surface area contributed by atoms with Crippen molar-refractivity contribution in [1.82, 2.24) is 10.2 Å². The Morgan fingerprint density at radius 3 is 2.71 bits per heavy atom. The van der Waals surface area contributed by atoms with Crippen molar-refractivity contribution in [2.45, 2.75) is 57.6 Å². The van der Waals surface area contributed by atoms with Gasteiger partial charge in [0.25, 0.3) is 0 Å². The van der Waals surface area contributed by atoms with Crippen LogP contribution in [-0.2, 0) is 14.3 Å². The van der Waals surface area contributed by atoms with Crippen LogP contribution in [0.2, 0.25) is 0 Å². The fraction of sp³-hybridized carbons (Fsp3) is 0.938. The van der Waals surface area contributed by atoms with Crippen molar-refractivity contribution in [2.75, 3.05) is 40.4 Å². The van der Waals surface area contributed by atoms with Crippen molar-refractivity contribution in [3.63, 3.8) is 0 Å². The van der Waals surface area contributed by atoms with Gasteiger partial charge in [0.15, 0.2) is 0 Å². The van der Waals surface area contributed by atoms with E-state index in [0.29, 0.717) is 0 Å². The number of carbonyl (C=O) groups excluding carboxylic acids is 1. The Kier molecular flexibility index (Phi) is 7.10. The maximum atomic E-state index is 12.1. The van der Waals surface area contributed by atoms with E-state index in [1.807, 2.05) is 6.92 Å². The Hall–Kier alpha value is -0.650. The predicted molar refractivity (Wildman–Crippen MR) is 84.4 cm³/mol. The molecule has 5 nitrogen and oxygen atoms in total. The van der Waals surface area contributed by atoms with E-state index in [0.717, 1.165) is 51.9 Å². The molecule has 0 aromatic carbocycles. The van der Waals surface area contributed by atoms with E-state index < -0.39 is 5.54 Å². The van der Waals surface area contributed by atoms with Crippen LogP contribution in [0.3, 0.4) is 0 Å². The molecule has 0 aromatic heterocycles. The zero-order chi connectivity index (χ0) is 15.9. The largest absolute Gasteiger partial charge is 0.468 e. The first-order valence-corrected chi connectivity index (χ1v) is 8.00. The van der Waals surface area contributed by atoms with E-state index in [-0.39, 0.29) is 11.6 Å². The first-order chi connectivity index (χ1) is 9.89. The molecule has 1 saturated heterocycles. The summed E-state index contributed by atoms with van der Waals surface area (Å²) in [7, 11) is 3.24. The fourth-order valence-corrected chi connectivity index (χ4v) is 2.94. The van der Waals surface area contributed by atoms with Crippen LogP contribution in [0.15, 0.2) is 0 Å². The molecule has 1 N–H and O–H groups in total. The Morgan fingerprint density at radius 1 is 1.43 bits per heavy atom. The van der Waals surface area contributed by atoms with Gasteiger partial charge in [-0.1, -0.05) is 6.92 Å². The molecule has 124 valence electrons. The number of nitrogens with one attached hydrogen (secondary N) is 1. The number of nitrogens with zero attached hydrogens (tertiary/aromatic N) is 1. The second-order valence-corrected chi connectivity index (χ2v) is 6.53. The maximum Gasteiger partial charge on any atom is 0.325 e. The number of carbonyl (C=O) groups is 1. The molecule has 0 aromatic rings. The molecule has 2 unspecified atom stereocenters. The first-order valence-electron chi connectivity index (χ1n) is 8.00. The van der Waals surface area contributed by atoms with Crippen LogP contribution in [0.5, 0.6) is 0 Å². The SMILES string of the molecule is CCCNC(C)(CCN1CCCC(C)(OC)C1)C(=O)OC. The molecular weight excluding hydrogens is 268 g/mol. The molecule has 0 amide bonds. The average molecular weight is 300 g/mol. The van der Waals surface area contributed by atoms with Crippen LogP contribution >= 0.6 is 0 Å². The Morgan fingerprint density at radius 2 is 2.14 bits per heavy atom. The van der Waals surface area contributed by atoms with E-state index >= 15 is 0 Å². The molecule has 0 spiro atoms. The van der Waals surface area contributed by atoms with E-state index in [9.17, 15) is 4.79 Å². The van der Waals surface area contributed by atoms with Crippen molar-refractivity contribution in [1.29, 1.82) is 0 Å². The highest BCUT2D eigenvalue weighted by Gasteiger charge is 2.36. The lowest BCUT2D eigenvalue weighted by Gasteiger charge is -2.40. The third-order valence-corrected chi connectivity index (χ3v) is 4.56. The summed E-state index contributed by atoms with van der Waals surface area (Å²) in [4.78, 5) is 14.5. The van der Waals surface area contributed by atoms with Crippen molar-refractivity contribution in [3.05, 3.63) is 0 Å². The van der Waals surface area contributed by atoms with E-state index in [1.165, 1.54) is 7.11 Å². The Bertz CT molecular complexity index is 337. The third kappa shape index (κ3) is 5.24. The molecular formula is C16H32N2O3. The highest BCUT2D eigenvalue weighted by atomic mass is 16.5. The molecule has 1 heterocycles. The van der Waals surface area contributed by atoms with Crippen molar-refractivity contribution < 1.29 is 14.3 Å². The van der Waals surface area contributed by atoms with E-state index in [1.54, 1.807) is 7.11 Å². The van der Waals surface area contributed by atoms with Gasteiger partial charge in [0.2, 0.25) is 0 Å². The highest BCUT2D eigenvalue weighted by Crippen LogP contribution is 2.25. The van der Waals surface area contributed by atoms with Crippen LogP contribution < -0.4 is 5.32 Å². The third-order valence-electron chi connectivity index (χ3n) is 4.56. The molecule has 1 rings (SSSR count). The lowest BCUT2D eigenvalue weighted by atomic mass is 9.92. The van der Waals surface area contributed by atoms with Gasteiger partial charge in [-0.3, -0.25) is 4.79 Å². The zero-order valence-electron chi connectivity index (χ0n) is 14.3. The summed E-state index contributed by atoms with van der Waals surface area (Å²) in [6.07, 6.45) is 3.99. The number of likely N-dealkylation sites (tertiary alicyclic amines) is 1. The standard InChI is InChI=1S/C16H32N2O3/c1-6-10-17-16(3,14(19)20-4)9-12-18-11-7-8-15(2,13-18)21-5/h17H,6-13H2,1-5H3. The van der Waals surface area contributed by atoms with E-state index in [2.05, 4.69) is 24.1 Å². The number of esters is 1. The van der Waals surface area contributed by atoms with Crippen molar-refractivity contribution in [3.8, 4) is 0 Å². The quantitative estimate of drug-likeness (QED) is 0.693. The molecule has 0 radical (unpaired) electrons. The molecule has 0 bridgehead atoms. The Labute approximate surface area is 129 Å². The van der Waals surface area contributed by atoms with Crippen LogP contribution in [0.4, 0.5) is 0 Å². The van der Waals surface area contributed by atoms with Gasteiger partial charge in [-0.2, -0.15) is 0 Å². The summed E-state index contributed by atoms with van der Waals surface area (Å²) in [5.41, 5.74) is -0.664. The predicted octanol–water partition coefficient (Wildman–Crippen LogP) is 1.81. The number of piperidine rings is 1. The van der Waals surface area contributed by atoms with Crippen LogP contribution in [0, 0.1) is 0 Å². The lowest BCUT2D eigenvalue weighted by molar-refractivity contribution is -0.148. The molecule has 1 fully saturated rings. The second-order valence-electron chi connectivity index (χ2n) is 6.53. The van der Waals surface area contributed by atoms with Crippen molar-refractivity contribution >= 4 is 5.97 Å². The molecule has 1 aliphatic rings. The van der Waals surface area contributed by atoms with Gasteiger partial charge < -0.3 is 19.7 Å². The minimum absolute atomic E-state index is 0.0588. The second kappa shape index (κ2) is 8.11. The summed E-state index contributed by atoms with van der Waals surface area (Å²) in [6, 6.07) is 0. The summed E-state index contributed by atoms with van der Waals surface area (Å²) in [5.74, 6) is -0.178. The van der Waals surface area contributed by atoms with Crippen LogP contribution in [0.25, 0.3) is 0 Å². The number of hydrogen-bond acceptors (Lipinski definition) is 5. The van der Waals surface area contributed by atoms with Crippen molar-refractivity contribution in [2.24, 2.45) is 0 Å². The zero-order valence-corrected chi connectivity index (χ0v) is 14.3. The van der Waals surface area contributed by atoms with Gasteiger partial charge in [-0.15, -0.1) is 0 Å². The maximum absolute atomic E-state index is 12.1. The molecule has 2 atom stereocenters. The number of methoxy groups -OCH3 is 2. The van der Waals surface area contributed by atoms with Crippen LogP contribution in [0.1, 0.15) is 46.5 Å². The number of ether oxygens (including phenoxy) is 2. The van der Waals surface area contributed by atoms with Gasteiger partial charge in [0, 0.05) is 20.2 Å². The van der Waals surface area contributed by atoms with Gasteiger partial charge in [0.1, 0.15) is 5.54 Å². The lowest BCUT2D eigenvalue weighted by Crippen LogP contribution is -2.54. The number of rotatable bonds is 8. The summed E-state index contributed by atoms with van der Waals surface area (Å²) < 4.78 is 10.6. The minimum Gasteiger partial charge on any atom is -0.468 e. The fourth-order valence-electron chi connectivity index (χ4n) is 2.94. The normalized spacial score (nSPS) is 26.3. The number of hydrogen-bond donors (Lipinski definition) is 1. The minimum atomic E-state index is -0.605. The van der Waals surface area contributed by atoms with E-state index in [4.69, 9.17) is 9.47 Å². The Balaban J connectivity index is 2.58. The van der Waals surface area contributed by atoms with Gasteiger partial charge in [-0.05, 0) is 52.6 Å². The summed E-state index contributed by atoms with van der Waals surface area (Å²) in [6.45, 7) is 9.89. The molecule has 1 aliphatic heterocycles. The van der Waals surface area contributed by atoms with Gasteiger partial charge in [-0.25, -0.2) is 0 Å². The highest BCUT2D eigenvalue weighted by molar-refractivity contribution is 5.80. The molecule has 0 aliphatic carbocycles. The molecule has 21 heavy (non-hydrogen) atoms. The topological polar surface area (TPSA) is 50.8 Å². The van der Waals surface area contributed by atoms with Crippen LogP contribution in [-0.4, -0.2) is 62.4 Å². The summed E-state index contributed by atoms with van der Waals surface area (Å²) >= 11 is 0. The molecule has 5 heteroatoms. The first kappa shape index (κ1) is 18.4. The average Bonchev–Trinajstić information content (AvgIpc) is 2.50. The van der Waals surface area contributed by atoms with Gasteiger partial charge in [0.05, 0.1) is 12.7 Å². The monoisotopic (exact) mass is 300 g/mol. The summed E-state index contributed by atoms with van der Waals surface area (Å²) in [5, 5.41) is 3.34. The van der Waals surface area contributed by atoms with Gasteiger partial charge >= 0.3 is 5.97 Å². The smallest absolute Gasteiger partial charge is 0.325 e.